The van der Waals surface area contributed by atoms with E-state index in [-0.39, 0.29) is 0 Å². The fourth-order valence-corrected chi connectivity index (χ4v) is 3.02. The van der Waals surface area contributed by atoms with Crippen LogP contribution in [0.4, 0.5) is 0 Å². The number of ether oxygens (including phenoxy) is 1. The average Bonchev–Trinajstić information content (AvgIpc) is 2.58. The van der Waals surface area contributed by atoms with E-state index in [2.05, 4.69) is 53.4 Å². The van der Waals surface area contributed by atoms with E-state index in [1.807, 2.05) is 0 Å². The molecule has 1 aromatic rings. The van der Waals surface area contributed by atoms with Gasteiger partial charge >= 0.3 is 0 Å². The van der Waals surface area contributed by atoms with Gasteiger partial charge in [-0.2, -0.15) is 0 Å². The van der Waals surface area contributed by atoms with Crippen LogP contribution in [-0.4, -0.2) is 30.6 Å². The highest BCUT2D eigenvalue weighted by atomic mass is 79.9. The Labute approximate surface area is 124 Å². The second-order valence-corrected chi connectivity index (χ2v) is 6.14. The number of nitrogens with zero attached hydrogens (tertiary/aromatic N) is 1. The number of hydrogen-bond donors (Lipinski definition) is 0. The minimum absolute atomic E-state index is 0.551. The molecule has 0 aromatic heterocycles. The van der Waals surface area contributed by atoms with Crippen molar-refractivity contribution < 1.29 is 4.74 Å². The average molecular weight is 324 g/mol. The van der Waals surface area contributed by atoms with E-state index < -0.39 is 0 Å². The maximum atomic E-state index is 5.69. The first-order valence-electron chi connectivity index (χ1n) is 6.91. The Balaban J connectivity index is 2.19. The molecule has 1 heterocycles. The lowest BCUT2D eigenvalue weighted by atomic mass is 10.0. The second kappa shape index (κ2) is 6.58. The van der Waals surface area contributed by atoms with E-state index in [0.29, 0.717) is 12.6 Å². The van der Waals surface area contributed by atoms with Crippen molar-refractivity contribution >= 4 is 15.9 Å². The molecule has 1 aromatic carbocycles. The molecule has 0 N–H and O–H groups in total. The summed E-state index contributed by atoms with van der Waals surface area (Å²) in [6.45, 7) is 11.1. The van der Waals surface area contributed by atoms with Crippen LogP contribution < -0.4 is 4.74 Å². The minimum Gasteiger partial charge on any atom is -0.488 e. The molecule has 0 saturated carbocycles. The maximum Gasteiger partial charge on any atom is 0.134 e. The van der Waals surface area contributed by atoms with E-state index in [1.54, 1.807) is 6.08 Å². The van der Waals surface area contributed by atoms with Gasteiger partial charge in [0.25, 0.3) is 0 Å². The fourth-order valence-electron chi connectivity index (χ4n) is 2.52. The van der Waals surface area contributed by atoms with Gasteiger partial charge in [-0.15, -0.1) is 0 Å². The first-order valence-corrected chi connectivity index (χ1v) is 7.70. The Morgan fingerprint density at radius 3 is 2.53 bits per heavy atom. The van der Waals surface area contributed by atoms with Gasteiger partial charge in [-0.1, -0.05) is 12.7 Å². The zero-order valence-corrected chi connectivity index (χ0v) is 13.4. The first-order chi connectivity index (χ1) is 9.11. The summed E-state index contributed by atoms with van der Waals surface area (Å²) >= 11 is 3.60. The summed E-state index contributed by atoms with van der Waals surface area (Å²) in [4.78, 5) is 2.54. The minimum atomic E-state index is 0.551. The summed E-state index contributed by atoms with van der Waals surface area (Å²) in [6, 6.07) is 5.03. The lowest BCUT2D eigenvalue weighted by Crippen LogP contribution is -2.32. The molecule has 0 radical (unpaired) electrons. The van der Waals surface area contributed by atoms with Crippen LogP contribution >= 0.6 is 15.9 Å². The van der Waals surface area contributed by atoms with Crippen molar-refractivity contribution in [2.75, 3.05) is 19.7 Å². The standard InChI is InChI=1S/C16H22BrNO/c1-4-9-19-16-11-14-6-8-18(12(2)3)7-5-13(14)10-15(16)17/h4,10-12H,1,5-9H2,2-3H3. The van der Waals surface area contributed by atoms with Gasteiger partial charge < -0.3 is 9.64 Å². The van der Waals surface area contributed by atoms with Crippen LogP contribution in [0.25, 0.3) is 0 Å². The molecule has 1 aliphatic heterocycles. The Hall–Kier alpha value is -0.800. The van der Waals surface area contributed by atoms with Crippen molar-refractivity contribution in [1.29, 1.82) is 0 Å². The SMILES string of the molecule is C=CCOc1cc2c(cc1Br)CCN(C(C)C)CC2. The highest BCUT2D eigenvalue weighted by molar-refractivity contribution is 9.10. The van der Waals surface area contributed by atoms with Crippen molar-refractivity contribution in [3.05, 3.63) is 40.4 Å². The summed E-state index contributed by atoms with van der Waals surface area (Å²) in [5, 5.41) is 0. The van der Waals surface area contributed by atoms with Gasteiger partial charge in [-0.25, -0.2) is 0 Å². The van der Waals surface area contributed by atoms with Crippen LogP contribution in [0.5, 0.6) is 5.75 Å². The Kier molecular flexibility index (Phi) is 5.06. The normalized spacial score (nSPS) is 16.0. The molecule has 2 nitrogen and oxygen atoms in total. The zero-order valence-electron chi connectivity index (χ0n) is 11.8. The van der Waals surface area contributed by atoms with Crippen LogP contribution in [0.1, 0.15) is 25.0 Å². The summed E-state index contributed by atoms with van der Waals surface area (Å²) in [5.74, 6) is 0.927. The Morgan fingerprint density at radius 2 is 1.95 bits per heavy atom. The molecule has 0 spiro atoms. The predicted octanol–water partition coefficient (Wildman–Crippen LogP) is 3.82. The Morgan fingerprint density at radius 1 is 1.32 bits per heavy atom. The van der Waals surface area contributed by atoms with Crippen LogP contribution in [0.3, 0.4) is 0 Å². The van der Waals surface area contributed by atoms with E-state index >= 15 is 0 Å². The number of hydrogen-bond acceptors (Lipinski definition) is 2. The van der Waals surface area contributed by atoms with Gasteiger partial charge in [0.2, 0.25) is 0 Å². The monoisotopic (exact) mass is 323 g/mol. The predicted molar refractivity (Wildman–Crippen MR) is 84.0 cm³/mol. The molecular formula is C16H22BrNO. The lowest BCUT2D eigenvalue weighted by Gasteiger charge is -2.23. The third-order valence-corrected chi connectivity index (χ3v) is 4.30. The van der Waals surface area contributed by atoms with Gasteiger partial charge in [0.1, 0.15) is 12.4 Å². The van der Waals surface area contributed by atoms with Gasteiger partial charge in [-0.3, -0.25) is 0 Å². The molecule has 3 heteroatoms. The van der Waals surface area contributed by atoms with E-state index in [4.69, 9.17) is 4.74 Å². The molecule has 104 valence electrons. The van der Waals surface area contributed by atoms with Gasteiger partial charge in [-0.05, 0) is 65.9 Å². The number of halogens is 1. The summed E-state index contributed by atoms with van der Waals surface area (Å²) in [5.41, 5.74) is 2.87. The summed E-state index contributed by atoms with van der Waals surface area (Å²) in [6.07, 6.45) is 4.00. The maximum absolute atomic E-state index is 5.69. The molecule has 2 rings (SSSR count). The van der Waals surface area contributed by atoms with Crippen LogP contribution in [-0.2, 0) is 12.8 Å². The number of benzene rings is 1. The van der Waals surface area contributed by atoms with Gasteiger partial charge in [0.15, 0.2) is 0 Å². The molecule has 19 heavy (non-hydrogen) atoms. The number of fused-ring (bicyclic) bond motifs is 1. The molecule has 0 atom stereocenters. The third-order valence-electron chi connectivity index (χ3n) is 3.68. The smallest absolute Gasteiger partial charge is 0.134 e. The fraction of sp³-hybridized carbons (Fsp3) is 0.500. The molecule has 0 bridgehead atoms. The van der Waals surface area contributed by atoms with Crippen LogP contribution in [0, 0.1) is 0 Å². The van der Waals surface area contributed by atoms with Crippen molar-refractivity contribution in [3.8, 4) is 5.75 Å². The molecule has 0 saturated heterocycles. The van der Waals surface area contributed by atoms with E-state index in [9.17, 15) is 0 Å². The molecular weight excluding hydrogens is 302 g/mol. The largest absolute Gasteiger partial charge is 0.488 e. The van der Waals surface area contributed by atoms with Crippen LogP contribution in [0.15, 0.2) is 29.3 Å². The molecule has 0 amide bonds. The highest BCUT2D eigenvalue weighted by Gasteiger charge is 2.17. The molecule has 0 aliphatic carbocycles. The summed E-state index contributed by atoms with van der Waals surface area (Å²) < 4.78 is 6.74. The number of rotatable bonds is 4. The van der Waals surface area contributed by atoms with Gasteiger partial charge in [0, 0.05) is 19.1 Å². The first kappa shape index (κ1) is 14.6. The van der Waals surface area contributed by atoms with Crippen molar-refractivity contribution in [2.45, 2.75) is 32.7 Å². The van der Waals surface area contributed by atoms with E-state index in [1.165, 1.54) is 11.1 Å². The highest BCUT2D eigenvalue weighted by Crippen LogP contribution is 2.31. The Bertz CT molecular complexity index is 456. The van der Waals surface area contributed by atoms with E-state index in [0.717, 1.165) is 36.2 Å². The topological polar surface area (TPSA) is 12.5 Å². The third kappa shape index (κ3) is 3.61. The van der Waals surface area contributed by atoms with Crippen molar-refractivity contribution in [1.82, 2.24) is 4.90 Å². The zero-order chi connectivity index (χ0) is 13.8. The summed E-state index contributed by atoms with van der Waals surface area (Å²) in [7, 11) is 0. The van der Waals surface area contributed by atoms with Gasteiger partial charge in [0.05, 0.1) is 4.47 Å². The molecule has 0 unspecified atom stereocenters. The van der Waals surface area contributed by atoms with Crippen molar-refractivity contribution in [3.63, 3.8) is 0 Å². The second-order valence-electron chi connectivity index (χ2n) is 5.28. The molecule has 1 aliphatic rings. The molecule has 0 fully saturated rings. The lowest BCUT2D eigenvalue weighted by molar-refractivity contribution is 0.233. The van der Waals surface area contributed by atoms with Crippen LogP contribution in [0.2, 0.25) is 0 Å². The van der Waals surface area contributed by atoms with Crippen molar-refractivity contribution in [2.24, 2.45) is 0 Å². The quantitative estimate of drug-likeness (QED) is 0.781.